The topological polar surface area (TPSA) is 53.1 Å². The van der Waals surface area contributed by atoms with Crippen molar-refractivity contribution in [3.63, 3.8) is 0 Å². The molecular formula is C13H16ClN3O. The molecule has 0 spiro atoms. The molecule has 0 atom stereocenters. The quantitative estimate of drug-likeness (QED) is 0.904. The summed E-state index contributed by atoms with van der Waals surface area (Å²) >= 11 is 6.15. The summed E-state index contributed by atoms with van der Waals surface area (Å²) in [5.74, 6) is 1.41. The van der Waals surface area contributed by atoms with Crippen LogP contribution in [0.5, 0.6) is 11.5 Å². The smallest absolute Gasteiger partial charge is 0.165 e. The fourth-order valence-corrected chi connectivity index (χ4v) is 1.92. The van der Waals surface area contributed by atoms with Gasteiger partial charge in [-0.25, -0.2) is 0 Å². The van der Waals surface area contributed by atoms with Crippen LogP contribution in [0.3, 0.4) is 0 Å². The Morgan fingerprint density at radius 3 is 2.83 bits per heavy atom. The number of benzene rings is 1. The van der Waals surface area contributed by atoms with Crippen molar-refractivity contribution < 1.29 is 4.74 Å². The van der Waals surface area contributed by atoms with Crippen molar-refractivity contribution in [3.05, 3.63) is 41.2 Å². The molecule has 96 valence electrons. The van der Waals surface area contributed by atoms with E-state index >= 15 is 0 Å². The Labute approximate surface area is 111 Å². The first-order valence-corrected chi connectivity index (χ1v) is 6.29. The number of aromatic nitrogens is 2. The van der Waals surface area contributed by atoms with Crippen molar-refractivity contribution in [2.75, 3.05) is 6.54 Å². The number of halogens is 1. The van der Waals surface area contributed by atoms with E-state index in [2.05, 4.69) is 5.10 Å². The maximum atomic E-state index is 6.15. The predicted octanol–water partition coefficient (Wildman–Crippen LogP) is 2.85. The van der Waals surface area contributed by atoms with Crippen LogP contribution in [0.1, 0.15) is 12.5 Å². The lowest BCUT2D eigenvalue weighted by molar-refractivity contribution is 0.481. The van der Waals surface area contributed by atoms with Gasteiger partial charge in [0.2, 0.25) is 0 Å². The highest BCUT2D eigenvalue weighted by atomic mass is 35.5. The van der Waals surface area contributed by atoms with Crippen LogP contribution in [0.15, 0.2) is 30.6 Å². The van der Waals surface area contributed by atoms with Gasteiger partial charge in [0.05, 0.1) is 12.4 Å². The molecule has 0 saturated heterocycles. The third kappa shape index (κ3) is 3.03. The van der Waals surface area contributed by atoms with Gasteiger partial charge < -0.3 is 10.5 Å². The van der Waals surface area contributed by atoms with E-state index in [9.17, 15) is 0 Å². The lowest BCUT2D eigenvalue weighted by Gasteiger charge is -2.06. The maximum absolute atomic E-state index is 6.15. The van der Waals surface area contributed by atoms with Gasteiger partial charge in [0, 0.05) is 11.6 Å². The minimum Gasteiger partial charge on any atom is -0.454 e. The third-order valence-electron chi connectivity index (χ3n) is 2.61. The number of aryl methyl sites for hydroxylation is 1. The highest BCUT2D eigenvalue weighted by Gasteiger charge is 2.04. The first kappa shape index (κ1) is 12.9. The summed E-state index contributed by atoms with van der Waals surface area (Å²) in [4.78, 5) is 0. The Morgan fingerprint density at radius 1 is 1.39 bits per heavy atom. The zero-order valence-corrected chi connectivity index (χ0v) is 11.0. The first-order chi connectivity index (χ1) is 8.72. The molecule has 1 aromatic carbocycles. The molecular weight excluding hydrogens is 250 g/mol. The fraction of sp³-hybridized carbons (Fsp3) is 0.308. The fourth-order valence-electron chi connectivity index (χ4n) is 1.66. The molecule has 0 radical (unpaired) electrons. The second-order valence-corrected chi connectivity index (χ2v) is 4.33. The maximum Gasteiger partial charge on any atom is 0.165 e. The standard InChI is InChI=1S/C13H16ClN3O/c1-2-17-9-12(8-16-17)18-11-4-3-10(5-6-15)13(14)7-11/h3-4,7-9H,2,5-6,15H2,1H3. The second kappa shape index (κ2) is 5.89. The van der Waals surface area contributed by atoms with E-state index in [4.69, 9.17) is 22.1 Å². The summed E-state index contributed by atoms with van der Waals surface area (Å²) < 4.78 is 7.48. The zero-order valence-electron chi connectivity index (χ0n) is 10.3. The monoisotopic (exact) mass is 265 g/mol. The molecule has 0 aliphatic carbocycles. The van der Waals surface area contributed by atoms with E-state index < -0.39 is 0 Å². The van der Waals surface area contributed by atoms with Gasteiger partial charge in [-0.05, 0) is 37.6 Å². The van der Waals surface area contributed by atoms with Gasteiger partial charge in [-0.3, -0.25) is 4.68 Å². The summed E-state index contributed by atoms with van der Waals surface area (Å²) in [6.45, 7) is 3.43. The first-order valence-electron chi connectivity index (χ1n) is 5.91. The van der Waals surface area contributed by atoms with Crippen molar-refractivity contribution in [3.8, 4) is 11.5 Å². The Hall–Kier alpha value is -1.52. The van der Waals surface area contributed by atoms with Crippen LogP contribution < -0.4 is 10.5 Å². The van der Waals surface area contributed by atoms with Crippen molar-refractivity contribution in [2.45, 2.75) is 19.9 Å². The minimum atomic E-state index is 0.587. The zero-order chi connectivity index (χ0) is 13.0. The van der Waals surface area contributed by atoms with Crippen LogP contribution in [0, 0.1) is 0 Å². The molecule has 0 amide bonds. The molecule has 0 unspecified atom stereocenters. The average Bonchev–Trinajstić information content (AvgIpc) is 2.80. The van der Waals surface area contributed by atoms with Crippen molar-refractivity contribution >= 4 is 11.6 Å². The normalized spacial score (nSPS) is 10.6. The Bertz CT molecular complexity index is 525. The summed E-state index contributed by atoms with van der Waals surface area (Å²) in [5, 5.41) is 4.82. The molecule has 0 saturated carbocycles. The van der Waals surface area contributed by atoms with E-state index in [1.165, 1.54) is 0 Å². The minimum absolute atomic E-state index is 0.587. The lowest BCUT2D eigenvalue weighted by atomic mass is 10.1. The van der Waals surface area contributed by atoms with Crippen LogP contribution in [0.4, 0.5) is 0 Å². The number of hydrogen-bond acceptors (Lipinski definition) is 3. The predicted molar refractivity (Wildman–Crippen MR) is 72.2 cm³/mol. The van der Waals surface area contributed by atoms with Crippen LogP contribution in [-0.2, 0) is 13.0 Å². The Balaban J connectivity index is 2.12. The van der Waals surface area contributed by atoms with Crippen molar-refractivity contribution in [1.82, 2.24) is 9.78 Å². The molecule has 4 nitrogen and oxygen atoms in total. The molecule has 0 aliphatic rings. The molecule has 2 N–H and O–H groups in total. The van der Waals surface area contributed by atoms with Crippen LogP contribution in [0.25, 0.3) is 0 Å². The van der Waals surface area contributed by atoms with E-state index in [1.54, 1.807) is 16.9 Å². The Morgan fingerprint density at radius 2 is 2.22 bits per heavy atom. The average molecular weight is 266 g/mol. The summed E-state index contributed by atoms with van der Waals surface area (Å²) in [6, 6.07) is 5.63. The molecule has 0 aliphatic heterocycles. The number of nitrogens with two attached hydrogens (primary N) is 1. The van der Waals surface area contributed by atoms with Gasteiger partial charge in [0.15, 0.2) is 5.75 Å². The van der Waals surface area contributed by atoms with Gasteiger partial charge in [0.25, 0.3) is 0 Å². The van der Waals surface area contributed by atoms with Crippen LogP contribution in [-0.4, -0.2) is 16.3 Å². The van der Waals surface area contributed by atoms with Crippen LogP contribution >= 0.6 is 11.6 Å². The molecule has 0 fully saturated rings. The molecule has 1 aromatic heterocycles. The largest absolute Gasteiger partial charge is 0.454 e. The molecule has 5 heteroatoms. The molecule has 1 heterocycles. The molecule has 2 aromatic rings. The van der Waals surface area contributed by atoms with E-state index in [0.29, 0.717) is 23.1 Å². The second-order valence-electron chi connectivity index (χ2n) is 3.93. The highest BCUT2D eigenvalue weighted by molar-refractivity contribution is 6.31. The lowest BCUT2D eigenvalue weighted by Crippen LogP contribution is -2.03. The SMILES string of the molecule is CCn1cc(Oc2ccc(CCN)c(Cl)c2)cn1. The van der Waals surface area contributed by atoms with E-state index in [1.807, 2.05) is 25.3 Å². The molecule has 0 bridgehead atoms. The van der Waals surface area contributed by atoms with E-state index in [0.717, 1.165) is 18.5 Å². The highest BCUT2D eigenvalue weighted by Crippen LogP contribution is 2.26. The van der Waals surface area contributed by atoms with Gasteiger partial charge in [-0.1, -0.05) is 17.7 Å². The van der Waals surface area contributed by atoms with E-state index in [-0.39, 0.29) is 0 Å². The number of rotatable bonds is 5. The molecule has 18 heavy (non-hydrogen) atoms. The van der Waals surface area contributed by atoms with Crippen LogP contribution in [0.2, 0.25) is 5.02 Å². The van der Waals surface area contributed by atoms with Crippen molar-refractivity contribution in [1.29, 1.82) is 0 Å². The van der Waals surface area contributed by atoms with Gasteiger partial charge in [-0.2, -0.15) is 5.10 Å². The summed E-state index contributed by atoms with van der Waals surface area (Å²) in [5.41, 5.74) is 6.55. The number of hydrogen-bond donors (Lipinski definition) is 1. The van der Waals surface area contributed by atoms with Gasteiger partial charge in [0.1, 0.15) is 5.75 Å². The van der Waals surface area contributed by atoms with Crippen molar-refractivity contribution in [2.24, 2.45) is 5.73 Å². The van der Waals surface area contributed by atoms with Gasteiger partial charge in [-0.15, -0.1) is 0 Å². The van der Waals surface area contributed by atoms with Gasteiger partial charge >= 0.3 is 0 Å². The number of ether oxygens (including phenoxy) is 1. The summed E-state index contributed by atoms with van der Waals surface area (Å²) in [7, 11) is 0. The summed E-state index contributed by atoms with van der Waals surface area (Å²) in [6.07, 6.45) is 4.31. The number of nitrogens with zero attached hydrogens (tertiary/aromatic N) is 2. The third-order valence-corrected chi connectivity index (χ3v) is 2.96. The molecule has 2 rings (SSSR count). The Kier molecular flexibility index (Phi) is 4.23.